The monoisotopic (exact) mass is 384 g/mol. The molecule has 10 heteroatoms. The first-order valence-electron chi connectivity index (χ1n) is 7.87. The molecule has 0 aliphatic rings. The Hall–Kier alpha value is -3.40. The Bertz CT molecular complexity index is 1260. The molecule has 0 atom stereocenters. The smallest absolute Gasteiger partial charge is 0.262 e. The Morgan fingerprint density at radius 3 is 2.74 bits per heavy atom. The molecular weight excluding hydrogens is 371 g/mol. The van der Waals surface area contributed by atoms with Crippen molar-refractivity contribution in [2.24, 2.45) is 0 Å². The molecule has 1 N–H and O–H groups in total. The van der Waals surface area contributed by atoms with Crippen LogP contribution in [0.4, 0.5) is 10.1 Å². The van der Waals surface area contributed by atoms with Crippen molar-refractivity contribution >= 4 is 26.6 Å². The van der Waals surface area contributed by atoms with E-state index in [1.54, 1.807) is 37.3 Å². The van der Waals surface area contributed by atoms with Gasteiger partial charge in [-0.05, 0) is 59.8 Å². The van der Waals surface area contributed by atoms with Gasteiger partial charge in [0.05, 0.1) is 16.3 Å². The average molecular weight is 384 g/mol. The van der Waals surface area contributed by atoms with Crippen molar-refractivity contribution < 1.29 is 12.8 Å². The fraction of sp³-hybridized carbons (Fsp3) is 0.0588. The number of benzene rings is 2. The van der Waals surface area contributed by atoms with Gasteiger partial charge in [-0.3, -0.25) is 9.71 Å². The van der Waals surface area contributed by atoms with E-state index >= 15 is 0 Å². The standard InChI is InChI=1S/C17H13FN6O2S/c1-11-20-22-23-24(11)13-5-2-4-12(10-13)21-27(25,26)16-8-7-15(18)17-14(16)6-3-9-19-17/h2-10,21H,1H3. The number of nitrogens with one attached hydrogen (secondary N) is 1. The molecule has 0 aliphatic carbocycles. The lowest BCUT2D eigenvalue weighted by Gasteiger charge is -2.12. The zero-order valence-corrected chi connectivity index (χ0v) is 14.9. The predicted molar refractivity (Wildman–Crippen MR) is 96.4 cm³/mol. The molecule has 0 radical (unpaired) electrons. The number of aryl methyl sites for hydroxylation is 1. The highest BCUT2D eigenvalue weighted by Gasteiger charge is 2.20. The summed E-state index contributed by atoms with van der Waals surface area (Å²) in [6.45, 7) is 1.73. The number of hydrogen-bond acceptors (Lipinski definition) is 6. The maximum Gasteiger partial charge on any atom is 0.262 e. The number of pyridine rings is 1. The maximum atomic E-state index is 13.9. The Morgan fingerprint density at radius 2 is 1.96 bits per heavy atom. The molecule has 4 aromatic rings. The van der Waals surface area contributed by atoms with Gasteiger partial charge in [-0.1, -0.05) is 6.07 Å². The van der Waals surface area contributed by atoms with E-state index in [-0.39, 0.29) is 15.8 Å². The molecule has 0 unspecified atom stereocenters. The summed E-state index contributed by atoms with van der Waals surface area (Å²) in [6, 6.07) is 12.0. The molecule has 2 aromatic heterocycles. The van der Waals surface area contributed by atoms with Crippen molar-refractivity contribution in [3.8, 4) is 5.69 Å². The van der Waals surface area contributed by atoms with E-state index in [1.807, 2.05) is 0 Å². The topological polar surface area (TPSA) is 103 Å². The van der Waals surface area contributed by atoms with Gasteiger partial charge in [0.1, 0.15) is 11.3 Å². The summed E-state index contributed by atoms with van der Waals surface area (Å²) in [5.41, 5.74) is 0.922. The lowest BCUT2D eigenvalue weighted by Crippen LogP contribution is -2.14. The summed E-state index contributed by atoms with van der Waals surface area (Å²) in [4.78, 5) is 3.87. The van der Waals surface area contributed by atoms with Crippen LogP contribution in [0.2, 0.25) is 0 Å². The van der Waals surface area contributed by atoms with Crippen molar-refractivity contribution in [2.75, 3.05) is 4.72 Å². The van der Waals surface area contributed by atoms with Crippen LogP contribution in [-0.4, -0.2) is 33.6 Å². The number of rotatable bonds is 4. The molecule has 4 rings (SSSR count). The Morgan fingerprint density at radius 1 is 1.11 bits per heavy atom. The van der Waals surface area contributed by atoms with Crippen LogP contribution in [0.1, 0.15) is 5.82 Å². The minimum atomic E-state index is -3.97. The molecule has 27 heavy (non-hydrogen) atoms. The molecule has 8 nitrogen and oxygen atoms in total. The summed E-state index contributed by atoms with van der Waals surface area (Å²) >= 11 is 0. The first-order chi connectivity index (χ1) is 13.0. The van der Waals surface area contributed by atoms with Crippen LogP contribution in [0.25, 0.3) is 16.6 Å². The zero-order chi connectivity index (χ0) is 19.0. The predicted octanol–water partition coefficient (Wildman–Crippen LogP) is 2.46. The van der Waals surface area contributed by atoms with Crippen LogP contribution >= 0.6 is 0 Å². The Labute approximate surface area is 153 Å². The van der Waals surface area contributed by atoms with E-state index in [4.69, 9.17) is 0 Å². The van der Waals surface area contributed by atoms with Gasteiger partial charge in [-0.2, -0.15) is 4.68 Å². The van der Waals surface area contributed by atoms with Gasteiger partial charge < -0.3 is 0 Å². The van der Waals surface area contributed by atoms with E-state index < -0.39 is 15.8 Å². The number of anilines is 1. The third-order valence-corrected chi connectivity index (χ3v) is 5.38. The summed E-state index contributed by atoms with van der Waals surface area (Å²) in [5.74, 6) is -0.0219. The number of fused-ring (bicyclic) bond motifs is 1. The Kier molecular flexibility index (Phi) is 4.04. The molecule has 0 spiro atoms. The molecule has 0 amide bonds. The van der Waals surface area contributed by atoms with Gasteiger partial charge >= 0.3 is 0 Å². The van der Waals surface area contributed by atoms with Crippen molar-refractivity contribution in [2.45, 2.75) is 11.8 Å². The van der Waals surface area contributed by atoms with E-state index in [0.29, 0.717) is 17.2 Å². The van der Waals surface area contributed by atoms with Gasteiger partial charge in [0, 0.05) is 11.6 Å². The van der Waals surface area contributed by atoms with E-state index in [1.165, 1.54) is 23.0 Å². The number of aromatic nitrogens is 5. The van der Waals surface area contributed by atoms with Crippen molar-refractivity contribution in [1.29, 1.82) is 0 Å². The largest absolute Gasteiger partial charge is 0.280 e. The molecule has 0 saturated carbocycles. The number of tetrazole rings is 1. The van der Waals surface area contributed by atoms with Crippen LogP contribution < -0.4 is 4.72 Å². The molecule has 136 valence electrons. The second-order valence-corrected chi connectivity index (χ2v) is 7.39. The van der Waals surface area contributed by atoms with Crippen LogP contribution in [-0.2, 0) is 10.0 Å². The van der Waals surface area contributed by atoms with Crippen molar-refractivity contribution in [3.05, 3.63) is 66.4 Å². The number of hydrogen-bond donors (Lipinski definition) is 1. The second kappa shape index (κ2) is 6.40. The highest BCUT2D eigenvalue weighted by molar-refractivity contribution is 7.93. The lowest BCUT2D eigenvalue weighted by molar-refractivity contribution is 0.601. The summed E-state index contributed by atoms with van der Waals surface area (Å²) in [7, 11) is -3.97. The first kappa shape index (κ1) is 17.0. The van der Waals surface area contributed by atoms with E-state index in [0.717, 1.165) is 6.07 Å². The van der Waals surface area contributed by atoms with Crippen LogP contribution in [0.15, 0.2) is 59.6 Å². The summed E-state index contributed by atoms with van der Waals surface area (Å²) < 4.78 is 43.7. The van der Waals surface area contributed by atoms with Crippen molar-refractivity contribution in [3.63, 3.8) is 0 Å². The van der Waals surface area contributed by atoms with Gasteiger partial charge in [0.15, 0.2) is 5.82 Å². The van der Waals surface area contributed by atoms with Crippen LogP contribution in [0.3, 0.4) is 0 Å². The first-order valence-corrected chi connectivity index (χ1v) is 9.35. The molecule has 0 saturated heterocycles. The van der Waals surface area contributed by atoms with Gasteiger partial charge in [0.2, 0.25) is 0 Å². The summed E-state index contributed by atoms with van der Waals surface area (Å²) in [5, 5.41) is 11.4. The van der Waals surface area contributed by atoms with Gasteiger partial charge in [-0.25, -0.2) is 12.8 Å². The van der Waals surface area contributed by atoms with E-state index in [2.05, 4.69) is 25.2 Å². The minimum Gasteiger partial charge on any atom is -0.280 e. The third-order valence-electron chi connectivity index (χ3n) is 3.94. The number of nitrogens with zero attached hydrogens (tertiary/aromatic N) is 5. The quantitative estimate of drug-likeness (QED) is 0.580. The fourth-order valence-electron chi connectivity index (χ4n) is 2.73. The fourth-order valence-corrected chi connectivity index (χ4v) is 3.98. The molecular formula is C17H13FN6O2S. The van der Waals surface area contributed by atoms with Crippen LogP contribution in [0.5, 0.6) is 0 Å². The molecule has 0 bridgehead atoms. The maximum absolute atomic E-state index is 13.9. The van der Waals surface area contributed by atoms with Crippen LogP contribution in [0, 0.1) is 12.7 Å². The summed E-state index contributed by atoms with van der Waals surface area (Å²) in [6.07, 6.45) is 1.41. The molecule has 0 fully saturated rings. The van der Waals surface area contributed by atoms with Crippen molar-refractivity contribution in [1.82, 2.24) is 25.2 Å². The normalized spacial score (nSPS) is 11.6. The Balaban J connectivity index is 1.75. The lowest BCUT2D eigenvalue weighted by atomic mass is 10.2. The highest BCUT2D eigenvalue weighted by atomic mass is 32.2. The second-order valence-electron chi connectivity index (χ2n) is 5.74. The minimum absolute atomic E-state index is 0.00144. The molecule has 2 heterocycles. The molecule has 2 aromatic carbocycles. The number of sulfonamides is 1. The number of halogens is 1. The third kappa shape index (κ3) is 3.10. The average Bonchev–Trinajstić information content (AvgIpc) is 3.08. The van der Waals surface area contributed by atoms with Gasteiger partial charge in [-0.15, -0.1) is 5.10 Å². The van der Waals surface area contributed by atoms with E-state index in [9.17, 15) is 12.8 Å². The molecule has 0 aliphatic heterocycles. The zero-order valence-electron chi connectivity index (χ0n) is 14.0. The highest BCUT2D eigenvalue weighted by Crippen LogP contribution is 2.26. The SMILES string of the molecule is Cc1nnnn1-c1cccc(NS(=O)(=O)c2ccc(F)c3ncccc23)c1. The van der Waals surface area contributed by atoms with Gasteiger partial charge in [0.25, 0.3) is 10.0 Å².